The summed E-state index contributed by atoms with van der Waals surface area (Å²) in [5.74, 6) is 0.877. The molecule has 0 aromatic rings. The van der Waals surface area contributed by atoms with Gasteiger partial charge in [-0.2, -0.15) is 0 Å². The fraction of sp³-hybridized carbons (Fsp3) is 0.824. The summed E-state index contributed by atoms with van der Waals surface area (Å²) in [5.41, 5.74) is 0. The van der Waals surface area contributed by atoms with Crippen LogP contribution in [0.1, 0.15) is 12.8 Å². The largest absolute Gasteiger partial charge is 0.383 e. The lowest BCUT2D eigenvalue weighted by molar-refractivity contribution is -0.131. The first-order valence-electron chi connectivity index (χ1n) is 9.35. The number of halogens is 1. The molecule has 156 valence electrons. The molecule has 2 saturated heterocycles. The third-order valence-electron chi connectivity index (χ3n) is 4.74. The first-order chi connectivity index (χ1) is 12.6. The maximum absolute atomic E-state index is 12.3. The van der Waals surface area contributed by atoms with E-state index in [2.05, 4.69) is 25.4 Å². The number of likely N-dealkylation sites (tertiary alicyclic amines) is 1. The normalized spacial score (nSPS) is 18.2. The van der Waals surface area contributed by atoms with E-state index in [-0.39, 0.29) is 42.3 Å². The molecule has 0 saturated carbocycles. The van der Waals surface area contributed by atoms with Crippen LogP contribution in [0.4, 0.5) is 0 Å². The standard InChI is InChI=1S/C17H32N6O3.HI/c1-18-17(20-13-15(24)19-5-12-26-2)23-10-8-21(9-11-23)14-16(25)22-6-3-4-7-22;/h3-14H2,1-2H3,(H,18,20)(H,19,24);1H. The van der Waals surface area contributed by atoms with Crippen molar-refractivity contribution in [3.63, 3.8) is 0 Å². The molecule has 2 amide bonds. The molecule has 2 aliphatic heterocycles. The van der Waals surface area contributed by atoms with Gasteiger partial charge in [0.25, 0.3) is 0 Å². The van der Waals surface area contributed by atoms with Gasteiger partial charge < -0.3 is 25.2 Å². The Morgan fingerprint density at radius 2 is 1.67 bits per heavy atom. The highest BCUT2D eigenvalue weighted by molar-refractivity contribution is 14.0. The maximum atomic E-state index is 12.3. The van der Waals surface area contributed by atoms with E-state index in [9.17, 15) is 9.59 Å². The third kappa shape index (κ3) is 8.18. The fourth-order valence-electron chi connectivity index (χ4n) is 3.22. The van der Waals surface area contributed by atoms with Crippen molar-refractivity contribution >= 4 is 41.8 Å². The number of guanidine groups is 1. The van der Waals surface area contributed by atoms with Gasteiger partial charge in [-0.05, 0) is 12.8 Å². The topological polar surface area (TPSA) is 89.5 Å². The minimum Gasteiger partial charge on any atom is -0.383 e. The molecule has 2 rings (SSSR count). The molecular formula is C17H33IN6O3. The van der Waals surface area contributed by atoms with E-state index in [0.29, 0.717) is 19.7 Å². The molecule has 2 heterocycles. The first-order valence-corrected chi connectivity index (χ1v) is 9.35. The van der Waals surface area contributed by atoms with Crippen molar-refractivity contribution in [1.82, 2.24) is 25.3 Å². The second kappa shape index (κ2) is 13.1. The van der Waals surface area contributed by atoms with Crippen LogP contribution in [0.5, 0.6) is 0 Å². The molecule has 27 heavy (non-hydrogen) atoms. The van der Waals surface area contributed by atoms with Crippen molar-refractivity contribution in [3.8, 4) is 0 Å². The molecule has 0 aliphatic carbocycles. The van der Waals surface area contributed by atoms with Gasteiger partial charge in [-0.15, -0.1) is 24.0 Å². The average Bonchev–Trinajstić information content (AvgIpc) is 3.18. The number of hydrogen-bond acceptors (Lipinski definition) is 5. The van der Waals surface area contributed by atoms with Crippen LogP contribution in [-0.4, -0.2) is 112 Å². The lowest BCUT2D eigenvalue weighted by Gasteiger charge is -2.36. The number of carbonyl (C=O) groups is 2. The van der Waals surface area contributed by atoms with Gasteiger partial charge in [0.2, 0.25) is 11.8 Å². The molecule has 2 fully saturated rings. The van der Waals surface area contributed by atoms with Gasteiger partial charge in [0, 0.05) is 60.0 Å². The zero-order valence-electron chi connectivity index (χ0n) is 16.4. The Balaban J connectivity index is 0.00000364. The molecular weight excluding hydrogens is 463 g/mol. The monoisotopic (exact) mass is 496 g/mol. The van der Waals surface area contributed by atoms with E-state index < -0.39 is 0 Å². The van der Waals surface area contributed by atoms with Gasteiger partial charge >= 0.3 is 0 Å². The summed E-state index contributed by atoms with van der Waals surface area (Å²) in [6.45, 7) is 6.71. The van der Waals surface area contributed by atoms with Gasteiger partial charge in [0.15, 0.2) is 5.96 Å². The van der Waals surface area contributed by atoms with E-state index in [1.807, 2.05) is 4.90 Å². The number of aliphatic imine (C=N–C) groups is 1. The van der Waals surface area contributed by atoms with Gasteiger partial charge in [-0.3, -0.25) is 19.5 Å². The van der Waals surface area contributed by atoms with E-state index in [1.54, 1.807) is 14.2 Å². The molecule has 0 atom stereocenters. The number of hydrogen-bond donors (Lipinski definition) is 2. The first kappa shape index (κ1) is 23.9. The minimum absolute atomic E-state index is 0. The Bertz CT molecular complexity index is 491. The average molecular weight is 496 g/mol. The van der Waals surface area contributed by atoms with Crippen LogP contribution >= 0.6 is 24.0 Å². The maximum Gasteiger partial charge on any atom is 0.239 e. The Morgan fingerprint density at radius 1 is 1.00 bits per heavy atom. The van der Waals surface area contributed by atoms with Crippen molar-refractivity contribution in [3.05, 3.63) is 0 Å². The number of ether oxygens (including phenoxy) is 1. The quantitative estimate of drug-likeness (QED) is 0.207. The molecule has 0 unspecified atom stereocenters. The van der Waals surface area contributed by atoms with Crippen molar-refractivity contribution in [2.24, 2.45) is 4.99 Å². The van der Waals surface area contributed by atoms with E-state index in [0.717, 1.165) is 58.1 Å². The predicted molar refractivity (Wildman–Crippen MR) is 115 cm³/mol. The number of carbonyl (C=O) groups excluding carboxylic acids is 2. The van der Waals surface area contributed by atoms with Gasteiger partial charge in [-0.25, -0.2) is 0 Å². The number of amides is 2. The Morgan fingerprint density at radius 3 is 2.26 bits per heavy atom. The number of nitrogens with zero attached hydrogens (tertiary/aromatic N) is 4. The summed E-state index contributed by atoms with van der Waals surface area (Å²) < 4.78 is 4.91. The molecule has 2 aliphatic rings. The van der Waals surface area contributed by atoms with Crippen LogP contribution in [0.25, 0.3) is 0 Å². The summed E-state index contributed by atoms with van der Waals surface area (Å²) in [6, 6.07) is 0. The molecule has 10 heteroatoms. The molecule has 0 radical (unpaired) electrons. The Hall–Kier alpha value is -1.14. The van der Waals surface area contributed by atoms with Crippen molar-refractivity contribution in [2.45, 2.75) is 12.8 Å². The molecule has 0 spiro atoms. The van der Waals surface area contributed by atoms with Crippen LogP contribution in [0, 0.1) is 0 Å². The van der Waals surface area contributed by atoms with Gasteiger partial charge in [0.05, 0.1) is 19.7 Å². The Kier molecular flexibility index (Phi) is 11.6. The van der Waals surface area contributed by atoms with Crippen LogP contribution in [0.3, 0.4) is 0 Å². The fourth-order valence-corrected chi connectivity index (χ4v) is 3.22. The summed E-state index contributed by atoms with van der Waals surface area (Å²) >= 11 is 0. The molecule has 0 bridgehead atoms. The van der Waals surface area contributed by atoms with Gasteiger partial charge in [-0.1, -0.05) is 0 Å². The second-order valence-corrected chi connectivity index (χ2v) is 6.59. The minimum atomic E-state index is -0.0851. The summed E-state index contributed by atoms with van der Waals surface area (Å²) in [4.78, 5) is 34.6. The Labute approximate surface area is 178 Å². The van der Waals surface area contributed by atoms with Crippen molar-refractivity contribution in [2.75, 3.05) is 79.7 Å². The predicted octanol–water partition coefficient (Wildman–Crippen LogP) is -0.818. The van der Waals surface area contributed by atoms with Crippen molar-refractivity contribution < 1.29 is 14.3 Å². The van der Waals surface area contributed by atoms with Crippen LogP contribution in [0.15, 0.2) is 4.99 Å². The highest BCUT2D eigenvalue weighted by Gasteiger charge is 2.24. The van der Waals surface area contributed by atoms with Crippen LogP contribution in [-0.2, 0) is 14.3 Å². The lowest BCUT2D eigenvalue weighted by atomic mass is 10.3. The van der Waals surface area contributed by atoms with E-state index in [1.165, 1.54) is 0 Å². The number of nitrogens with one attached hydrogen (secondary N) is 2. The highest BCUT2D eigenvalue weighted by Crippen LogP contribution is 2.09. The molecule has 0 aromatic carbocycles. The molecule has 0 aromatic heterocycles. The molecule has 2 N–H and O–H groups in total. The smallest absolute Gasteiger partial charge is 0.239 e. The van der Waals surface area contributed by atoms with Gasteiger partial charge in [0.1, 0.15) is 0 Å². The van der Waals surface area contributed by atoms with E-state index >= 15 is 0 Å². The third-order valence-corrected chi connectivity index (χ3v) is 4.74. The van der Waals surface area contributed by atoms with Crippen molar-refractivity contribution in [1.29, 1.82) is 0 Å². The number of methoxy groups -OCH3 is 1. The zero-order valence-corrected chi connectivity index (χ0v) is 18.7. The van der Waals surface area contributed by atoms with Crippen LogP contribution < -0.4 is 10.6 Å². The highest BCUT2D eigenvalue weighted by atomic mass is 127. The summed E-state index contributed by atoms with van der Waals surface area (Å²) in [5, 5.41) is 5.87. The SMILES string of the molecule is CN=C(NCC(=O)NCCOC)N1CCN(CC(=O)N2CCCC2)CC1.I. The zero-order chi connectivity index (χ0) is 18.8. The van der Waals surface area contributed by atoms with E-state index in [4.69, 9.17) is 4.74 Å². The number of rotatable bonds is 7. The number of piperazine rings is 1. The lowest BCUT2D eigenvalue weighted by Crippen LogP contribution is -2.55. The summed E-state index contributed by atoms with van der Waals surface area (Å²) in [6.07, 6.45) is 2.25. The second-order valence-electron chi connectivity index (χ2n) is 6.59. The molecule has 9 nitrogen and oxygen atoms in total. The van der Waals surface area contributed by atoms with Crippen LogP contribution in [0.2, 0.25) is 0 Å². The summed E-state index contributed by atoms with van der Waals surface area (Å²) in [7, 11) is 3.32.